The van der Waals surface area contributed by atoms with Crippen LogP contribution in [-0.2, 0) is 6.42 Å². The van der Waals surface area contributed by atoms with E-state index in [2.05, 4.69) is 27.4 Å². The molecule has 1 atom stereocenters. The fraction of sp³-hybridized carbons (Fsp3) is 0.500. The molecule has 1 N–H and O–H groups in total. The van der Waals surface area contributed by atoms with Gasteiger partial charge in [0.05, 0.1) is 26.2 Å². The van der Waals surface area contributed by atoms with Crippen LogP contribution in [0.3, 0.4) is 0 Å². The topological polar surface area (TPSA) is 72.7 Å². The number of benzene rings is 1. The molecule has 0 spiro atoms. The first kappa shape index (κ1) is 18.5. The van der Waals surface area contributed by atoms with Gasteiger partial charge in [-0.1, -0.05) is 5.16 Å². The van der Waals surface area contributed by atoms with Gasteiger partial charge in [0.1, 0.15) is 11.5 Å². The Labute approximate surface area is 147 Å². The molecule has 2 aromatic rings. The molecule has 7 nitrogen and oxygen atoms in total. The third kappa shape index (κ3) is 4.59. The van der Waals surface area contributed by atoms with Gasteiger partial charge in [-0.15, -0.1) is 12.4 Å². The van der Waals surface area contributed by atoms with Crippen LogP contribution in [0.2, 0.25) is 0 Å². The van der Waals surface area contributed by atoms with Crippen LogP contribution in [-0.4, -0.2) is 55.4 Å². The molecule has 2 heterocycles. The van der Waals surface area contributed by atoms with E-state index in [1.54, 1.807) is 7.11 Å². The second kappa shape index (κ2) is 8.86. The van der Waals surface area contributed by atoms with E-state index in [1.165, 1.54) is 0 Å². The minimum Gasteiger partial charge on any atom is -0.497 e. The van der Waals surface area contributed by atoms with Crippen molar-refractivity contribution in [2.45, 2.75) is 12.5 Å². The highest BCUT2D eigenvalue weighted by Gasteiger charge is 2.25. The van der Waals surface area contributed by atoms with Crippen LogP contribution in [0.5, 0.6) is 11.5 Å². The maximum Gasteiger partial charge on any atom is 0.230 e. The van der Waals surface area contributed by atoms with Crippen molar-refractivity contribution in [3.05, 3.63) is 36.0 Å². The highest BCUT2D eigenvalue weighted by atomic mass is 35.5. The van der Waals surface area contributed by atoms with Crippen molar-refractivity contribution in [1.29, 1.82) is 0 Å². The summed E-state index contributed by atoms with van der Waals surface area (Å²) in [4.78, 5) is 6.72. The maximum absolute atomic E-state index is 5.68. The van der Waals surface area contributed by atoms with Crippen molar-refractivity contribution in [3.8, 4) is 11.5 Å². The van der Waals surface area contributed by atoms with Gasteiger partial charge in [0.15, 0.2) is 5.82 Å². The summed E-state index contributed by atoms with van der Waals surface area (Å²) in [6, 6.07) is 7.66. The minimum absolute atomic E-state index is 0. The van der Waals surface area contributed by atoms with Gasteiger partial charge in [0.25, 0.3) is 0 Å². The third-order valence-corrected chi connectivity index (χ3v) is 3.94. The quantitative estimate of drug-likeness (QED) is 0.846. The summed E-state index contributed by atoms with van der Waals surface area (Å²) in [5, 5.41) is 7.45. The zero-order valence-electron chi connectivity index (χ0n) is 13.9. The molecular formula is C16H23ClN4O3. The molecule has 0 saturated carbocycles. The second-order valence-corrected chi connectivity index (χ2v) is 5.52. The summed E-state index contributed by atoms with van der Waals surface area (Å²) in [5.74, 6) is 2.94. The van der Waals surface area contributed by atoms with Crippen molar-refractivity contribution in [1.82, 2.24) is 20.4 Å². The number of halogens is 1. The van der Waals surface area contributed by atoms with Gasteiger partial charge in [0, 0.05) is 19.6 Å². The third-order valence-electron chi connectivity index (χ3n) is 3.94. The van der Waals surface area contributed by atoms with E-state index in [9.17, 15) is 0 Å². The summed E-state index contributed by atoms with van der Waals surface area (Å²) in [6.07, 6.45) is 0.586. The molecule has 1 fully saturated rings. The fourth-order valence-corrected chi connectivity index (χ4v) is 2.53. The van der Waals surface area contributed by atoms with Gasteiger partial charge in [-0.2, -0.15) is 4.98 Å². The van der Waals surface area contributed by atoms with Crippen LogP contribution >= 0.6 is 12.4 Å². The van der Waals surface area contributed by atoms with Crippen LogP contribution in [0.15, 0.2) is 28.8 Å². The largest absolute Gasteiger partial charge is 0.497 e. The molecule has 1 aromatic heterocycles. The van der Waals surface area contributed by atoms with Crippen LogP contribution in [0.4, 0.5) is 0 Å². The van der Waals surface area contributed by atoms with E-state index < -0.39 is 0 Å². The van der Waals surface area contributed by atoms with Crippen LogP contribution in [0.1, 0.15) is 17.8 Å². The molecule has 1 aliphatic heterocycles. The number of rotatable bonds is 6. The number of hydrogen-bond donors (Lipinski definition) is 1. The summed E-state index contributed by atoms with van der Waals surface area (Å²) >= 11 is 0. The molecule has 1 aliphatic rings. The zero-order chi connectivity index (χ0) is 16.1. The molecule has 3 rings (SSSR count). The van der Waals surface area contributed by atoms with Gasteiger partial charge in [-0.25, -0.2) is 0 Å². The van der Waals surface area contributed by atoms with E-state index in [-0.39, 0.29) is 18.4 Å². The first-order chi connectivity index (χ1) is 11.3. The zero-order valence-corrected chi connectivity index (χ0v) is 14.7. The van der Waals surface area contributed by atoms with Gasteiger partial charge < -0.3 is 19.3 Å². The highest BCUT2D eigenvalue weighted by Crippen LogP contribution is 2.19. The van der Waals surface area contributed by atoms with Gasteiger partial charge in [0.2, 0.25) is 5.89 Å². The maximum atomic E-state index is 5.68. The van der Waals surface area contributed by atoms with Crippen LogP contribution in [0.25, 0.3) is 0 Å². The minimum atomic E-state index is 0. The second-order valence-electron chi connectivity index (χ2n) is 5.52. The van der Waals surface area contributed by atoms with Crippen molar-refractivity contribution in [2.24, 2.45) is 0 Å². The summed E-state index contributed by atoms with van der Waals surface area (Å²) in [5.41, 5.74) is 0. The molecule has 132 valence electrons. The molecule has 0 bridgehead atoms. The predicted molar refractivity (Wildman–Crippen MR) is 92.0 cm³/mol. The van der Waals surface area contributed by atoms with Crippen LogP contribution < -0.4 is 14.8 Å². The summed E-state index contributed by atoms with van der Waals surface area (Å²) in [7, 11) is 3.72. The van der Waals surface area contributed by atoms with Crippen LogP contribution in [0, 0.1) is 0 Å². The standard InChI is InChI=1S/C16H22N4O3.ClH/c1-20-9-8-17-11-14(20)16-18-15(23-19-16)7-10-22-13-5-3-12(21-2)4-6-13;/h3-6,14,17H,7-11H2,1-2H3;1H. The lowest BCUT2D eigenvalue weighted by Gasteiger charge is -2.30. The van der Waals surface area contributed by atoms with Crippen molar-refractivity contribution in [3.63, 3.8) is 0 Å². The lowest BCUT2D eigenvalue weighted by molar-refractivity contribution is 0.190. The SMILES string of the molecule is COc1ccc(OCCc2nc(C3CNCCN3C)no2)cc1.Cl. The van der Waals surface area contributed by atoms with E-state index in [0.717, 1.165) is 37.0 Å². The molecule has 1 aromatic carbocycles. The number of likely N-dealkylation sites (N-methyl/N-ethyl adjacent to an activating group) is 1. The Balaban J connectivity index is 0.00000208. The van der Waals surface area contributed by atoms with E-state index in [0.29, 0.717) is 18.9 Å². The Bertz CT molecular complexity index is 620. The number of ether oxygens (including phenoxy) is 2. The summed E-state index contributed by atoms with van der Waals surface area (Å²) < 4.78 is 16.1. The number of piperazine rings is 1. The number of nitrogens with zero attached hydrogens (tertiary/aromatic N) is 3. The van der Waals surface area contributed by atoms with Crippen molar-refractivity contribution in [2.75, 3.05) is 40.4 Å². The molecule has 1 saturated heterocycles. The Hall–Kier alpha value is -1.83. The lowest BCUT2D eigenvalue weighted by Crippen LogP contribution is -2.44. The number of aromatic nitrogens is 2. The van der Waals surface area contributed by atoms with Crippen molar-refractivity contribution >= 4 is 12.4 Å². The number of hydrogen-bond acceptors (Lipinski definition) is 7. The smallest absolute Gasteiger partial charge is 0.230 e. The van der Waals surface area contributed by atoms with Gasteiger partial charge >= 0.3 is 0 Å². The monoisotopic (exact) mass is 354 g/mol. The Kier molecular flexibility index (Phi) is 6.84. The lowest BCUT2D eigenvalue weighted by atomic mass is 10.2. The Morgan fingerprint density at radius 3 is 2.75 bits per heavy atom. The van der Waals surface area contributed by atoms with E-state index >= 15 is 0 Å². The fourth-order valence-electron chi connectivity index (χ4n) is 2.53. The van der Waals surface area contributed by atoms with Gasteiger partial charge in [-0.05, 0) is 31.3 Å². The molecule has 0 aliphatic carbocycles. The molecule has 8 heteroatoms. The molecular weight excluding hydrogens is 332 g/mol. The molecule has 0 amide bonds. The average Bonchev–Trinajstić information content (AvgIpc) is 3.04. The molecule has 0 radical (unpaired) electrons. The Morgan fingerprint density at radius 1 is 1.29 bits per heavy atom. The van der Waals surface area contributed by atoms with Crippen molar-refractivity contribution < 1.29 is 14.0 Å². The molecule has 1 unspecified atom stereocenters. The first-order valence-electron chi connectivity index (χ1n) is 7.76. The number of nitrogens with one attached hydrogen (secondary N) is 1. The number of methoxy groups -OCH3 is 1. The van der Waals surface area contributed by atoms with E-state index in [1.807, 2.05) is 24.3 Å². The Morgan fingerprint density at radius 2 is 2.04 bits per heavy atom. The predicted octanol–water partition coefficient (Wildman–Crippen LogP) is 1.70. The normalized spacial score (nSPS) is 18.0. The van der Waals surface area contributed by atoms with Gasteiger partial charge in [-0.3, -0.25) is 4.90 Å². The summed E-state index contributed by atoms with van der Waals surface area (Å²) in [6.45, 7) is 3.31. The average molecular weight is 355 g/mol. The highest BCUT2D eigenvalue weighted by molar-refractivity contribution is 5.85. The first-order valence-corrected chi connectivity index (χ1v) is 7.76. The van der Waals surface area contributed by atoms with E-state index in [4.69, 9.17) is 14.0 Å². The molecule has 24 heavy (non-hydrogen) atoms.